The SMILES string of the molecule is CC/C=C\C/C=C\C/C=C\C/C=C\C/C=C\C/C=C\C/C=C\CCCCCCCCCCCCCCCCCCCC(=O)NC(COC1OC(CO)C(OC2OC(CO)C(O)C(O)C2O)C(O)C1O)C(O)/C=C/CC/C=C/CCCCCCCCCCCCCCCCCCCCCCCC. The number of ether oxygens (including phenoxy) is 4. The smallest absolute Gasteiger partial charge is 0.220 e. The van der Waals surface area contributed by atoms with E-state index in [2.05, 4.69) is 116 Å². The van der Waals surface area contributed by atoms with Crippen LogP contribution >= 0.6 is 0 Å². The van der Waals surface area contributed by atoms with Gasteiger partial charge in [0.05, 0.1) is 32.0 Å². The highest BCUT2D eigenvalue weighted by Gasteiger charge is 2.51. The van der Waals surface area contributed by atoms with E-state index in [9.17, 15) is 45.6 Å². The van der Waals surface area contributed by atoms with Crippen LogP contribution in [0.1, 0.15) is 341 Å². The van der Waals surface area contributed by atoms with Gasteiger partial charge in [0, 0.05) is 6.42 Å². The summed E-state index contributed by atoms with van der Waals surface area (Å²) in [6.07, 6.45) is 84.6. The molecule has 2 aliphatic rings. The summed E-state index contributed by atoms with van der Waals surface area (Å²) >= 11 is 0. The van der Waals surface area contributed by atoms with Gasteiger partial charge in [-0.3, -0.25) is 4.79 Å². The van der Waals surface area contributed by atoms with Crippen LogP contribution in [0.5, 0.6) is 0 Å². The van der Waals surface area contributed by atoms with Crippen LogP contribution in [-0.4, -0.2) is 140 Å². The number of carbonyl (C=O) groups is 1. The number of aliphatic hydroxyl groups is 8. The third-order valence-corrected chi connectivity index (χ3v) is 19.7. The fourth-order valence-corrected chi connectivity index (χ4v) is 13.2. The zero-order chi connectivity index (χ0) is 73.0. The highest BCUT2D eigenvalue weighted by Crippen LogP contribution is 2.30. The molecule has 0 bridgehead atoms. The standard InChI is InChI=1S/C87H153NO13/c1-3-5-7-9-11-13-15-17-19-21-23-25-27-29-31-33-34-35-36-37-38-39-40-41-42-43-45-47-49-51-53-55-57-59-61-63-65-67-69-71-79(92)88-75(74-98-86-84(97)82(95)85(78(73-90)100-86)101-87-83(96)81(94)80(93)77(72-89)99-87)76(91)70-68-66-64-62-60-58-56-54-52-50-48-46-44-32-30-28-26-24-22-20-18-16-14-12-10-8-6-4-2/h5,7,11,13,17,19,23,25,29,31,34-35,37-38,60,62,68,70,75-78,80-87,89-91,93-97H,3-4,6,8-10,12,14-16,18,20-22,24,26-28,30,32-33,36,39-59,61,63-67,69,71-74H2,1-2H3,(H,88,92)/b7-5-,13-11-,19-17-,25-23-,31-29-,35-34-,38-37-,62-60+,70-68+. The minimum Gasteiger partial charge on any atom is -0.394 e. The Balaban J connectivity index is 1.61. The van der Waals surface area contributed by atoms with Crippen molar-refractivity contribution in [3.8, 4) is 0 Å². The molecule has 9 N–H and O–H groups in total. The Morgan fingerprint density at radius 3 is 1.09 bits per heavy atom. The van der Waals surface area contributed by atoms with Crippen LogP contribution in [-0.2, 0) is 23.7 Å². The fraction of sp³-hybridized carbons (Fsp3) is 0.782. The van der Waals surface area contributed by atoms with Crippen molar-refractivity contribution < 1.29 is 64.6 Å². The van der Waals surface area contributed by atoms with E-state index in [1.807, 2.05) is 6.08 Å². The Morgan fingerprint density at radius 2 is 0.693 bits per heavy atom. The molecule has 0 aliphatic carbocycles. The highest BCUT2D eigenvalue weighted by molar-refractivity contribution is 5.76. The van der Waals surface area contributed by atoms with Crippen molar-refractivity contribution in [2.24, 2.45) is 0 Å². The van der Waals surface area contributed by atoms with E-state index in [0.717, 1.165) is 77.0 Å². The Labute approximate surface area is 616 Å². The van der Waals surface area contributed by atoms with Gasteiger partial charge in [0.25, 0.3) is 0 Å². The normalized spacial score (nSPS) is 22.3. The monoisotopic (exact) mass is 1420 g/mol. The van der Waals surface area contributed by atoms with Crippen LogP contribution in [0.15, 0.2) is 109 Å². The van der Waals surface area contributed by atoms with Gasteiger partial charge in [-0.2, -0.15) is 0 Å². The van der Waals surface area contributed by atoms with Crippen LogP contribution < -0.4 is 5.32 Å². The minimum absolute atomic E-state index is 0.247. The molecular formula is C87H153NO13. The topological polar surface area (TPSA) is 228 Å². The van der Waals surface area contributed by atoms with E-state index < -0.39 is 86.8 Å². The number of hydrogen-bond donors (Lipinski definition) is 9. The quantitative estimate of drug-likeness (QED) is 0.0204. The third kappa shape index (κ3) is 52.3. The summed E-state index contributed by atoms with van der Waals surface area (Å²) in [6, 6.07) is -0.938. The first-order chi connectivity index (χ1) is 49.6. The van der Waals surface area contributed by atoms with E-state index in [-0.39, 0.29) is 18.9 Å². The van der Waals surface area contributed by atoms with Crippen LogP contribution in [0.3, 0.4) is 0 Å². The molecule has 2 aliphatic heterocycles. The minimum atomic E-state index is -1.80. The molecule has 14 nitrogen and oxygen atoms in total. The van der Waals surface area contributed by atoms with Gasteiger partial charge in [-0.1, -0.05) is 354 Å². The zero-order valence-electron chi connectivity index (χ0n) is 64.1. The number of carbonyl (C=O) groups excluding carboxylic acids is 1. The molecule has 0 spiro atoms. The summed E-state index contributed by atoms with van der Waals surface area (Å²) in [5.41, 5.74) is 0. The summed E-state index contributed by atoms with van der Waals surface area (Å²) in [7, 11) is 0. The van der Waals surface area contributed by atoms with Gasteiger partial charge in [-0.25, -0.2) is 0 Å². The van der Waals surface area contributed by atoms with Gasteiger partial charge in [-0.05, 0) is 89.9 Å². The van der Waals surface area contributed by atoms with Crippen molar-refractivity contribution in [1.82, 2.24) is 5.32 Å². The van der Waals surface area contributed by atoms with E-state index in [1.54, 1.807) is 6.08 Å². The first-order valence-corrected chi connectivity index (χ1v) is 41.6. The van der Waals surface area contributed by atoms with Crippen molar-refractivity contribution in [2.75, 3.05) is 19.8 Å². The van der Waals surface area contributed by atoms with Crippen LogP contribution in [0.4, 0.5) is 0 Å². The number of aliphatic hydroxyl groups excluding tert-OH is 8. The maximum atomic E-state index is 13.4. The fourth-order valence-electron chi connectivity index (χ4n) is 13.2. The van der Waals surface area contributed by atoms with Gasteiger partial charge < -0.3 is 65.1 Å². The Kier molecular flexibility index (Phi) is 64.7. The Morgan fingerprint density at radius 1 is 0.366 bits per heavy atom. The number of allylic oxidation sites excluding steroid dienone is 17. The largest absolute Gasteiger partial charge is 0.394 e. The average Bonchev–Trinajstić information content (AvgIpc) is 0.790. The predicted octanol–water partition coefficient (Wildman–Crippen LogP) is 19.4. The second-order valence-electron chi connectivity index (χ2n) is 28.9. The molecule has 0 aromatic carbocycles. The van der Waals surface area contributed by atoms with Gasteiger partial charge in [0.15, 0.2) is 12.6 Å². The molecule has 2 saturated heterocycles. The lowest BCUT2D eigenvalue weighted by molar-refractivity contribution is -0.359. The molecule has 2 fully saturated rings. The van der Waals surface area contributed by atoms with E-state index >= 15 is 0 Å². The van der Waals surface area contributed by atoms with Crippen molar-refractivity contribution in [3.05, 3.63) is 109 Å². The molecule has 101 heavy (non-hydrogen) atoms. The summed E-state index contributed by atoms with van der Waals surface area (Å²) < 4.78 is 22.9. The zero-order valence-corrected chi connectivity index (χ0v) is 64.1. The molecule has 12 atom stereocenters. The number of amides is 1. The summed E-state index contributed by atoms with van der Waals surface area (Å²) in [6.45, 7) is 2.71. The molecule has 0 aromatic heterocycles. The summed E-state index contributed by atoms with van der Waals surface area (Å²) in [5.74, 6) is -0.247. The van der Waals surface area contributed by atoms with Crippen molar-refractivity contribution in [2.45, 2.75) is 415 Å². The molecule has 1 amide bonds. The first-order valence-electron chi connectivity index (χ1n) is 41.6. The second kappa shape index (κ2) is 69.7. The lowest BCUT2D eigenvalue weighted by Crippen LogP contribution is -2.65. The van der Waals surface area contributed by atoms with E-state index in [0.29, 0.717) is 12.8 Å². The lowest BCUT2D eigenvalue weighted by atomic mass is 9.97. The number of unbranched alkanes of at least 4 members (excludes halogenated alkanes) is 40. The Hall–Kier alpha value is -3.35. The highest BCUT2D eigenvalue weighted by atomic mass is 16.7. The number of hydrogen-bond acceptors (Lipinski definition) is 13. The van der Waals surface area contributed by atoms with Crippen LogP contribution in [0.2, 0.25) is 0 Å². The predicted molar refractivity (Wildman–Crippen MR) is 419 cm³/mol. The second-order valence-corrected chi connectivity index (χ2v) is 28.9. The van der Waals surface area contributed by atoms with E-state index in [1.165, 1.54) is 231 Å². The maximum absolute atomic E-state index is 13.4. The van der Waals surface area contributed by atoms with Crippen LogP contribution in [0.25, 0.3) is 0 Å². The molecule has 0 radical (unpaired) electrons. The van der Waals surface area contributed by atoms with Gasteiger partial charge >= 0.3 is 0 Å². The molecular weight excluding hydrogens is 1270 g/mol. The van der Waals surface area contributed by atoms with Crippen LogP contribution in [0, 0.1) is 0 Å². The number of rotatable bonds is 69. The molecule has 2 heterocycles. The molecule has 0 saturated carbocycles. The molecule has 2 rings (SSSR count). The Bertz CT molecular complexity index is 2120. The van der Waals surface area contributed by atoms with Crippen molar-refractivity contribution in [3.63, 3.8) is 0 Å². The number of nitrogens with one attached hydrogen (secondary N) is 1. The maximum Gasteiger partial charge on any atom is 0.220 e. The van der Waals surface area contributed by atoms with Gasteiger partial charge in [-0.15, -0.1) is 0 Å². The van der Waals surface area contributed by atoms with Crippen molar-refractivity contribution in [1.29, 1.82) is 0 Å². The third-order valence-electron chi connectivity index (χ3n) is 19.7. The molecule has 0 aromatic rings. The summed E-state index contributed by atoms with van der Waals surface area (Å²) in [4.78, 5) is 13.4. The average molecular weight is 1420 g/mol. The van der Waals surface area contributed by atoms with Gasteiger partial charge in [0.2, 0.25) is 5.91 Å². The van der Waals surface area contributed by atoms with Gasteiger partial charge in [0.1, 0.15) is 48.8 Å². The summed E-state index contributed by atoms with van der Waals surface area (Å²) in [5, 5.41) is 87.7. The van der Waals surface area contributed by atoms with E-state index in [4.69, 9.17) is 18.9 Å². The molecule has 14 heteroatoms. The lowest BCUT2D eigenvalue weighted by Gasteiger charge is -2.46. The molecule has 584 valence electrons. The first kappa shape index (κ1) is 93.7. The molecule has 12 unspecified atom stereocenters. The van der Waals surface area contributed by atoms with Crippen molar-refractivity contribution >= 4 is 5.91 Å².